The number of hydrogen-bond donors (Lipinski definition) is 1. The van der Waals surface area contributed by atoms with Gasteiger partial charge >= 0.3 is 6.16 Å². The quantitative estimate of drug-likeness (QED) is 0.654. The van der Waals surface area contributed by atoms with Crippen LogP contribution in [0.5, 0.6) is 0 Å². The van der Waals surface area contributed by atoms with Crippen molar-refractivity contribution in [2.24, 2.45) is 5.92 Å². The molecule has 0 fully saturated rings. The molecular weight excluding hydrogens is 208 g/mol. The molecule has 0 spiro atoms. The van der Waals surface area contributed by atoms with Gasteiger partial charge in [0, 0.05) is 0 Å². The SMILES string of the molecule is CCC[C@@H](C[C@H](C)CC)OC(=O)OCCO. The predicted octanol–water partition coefficient (Wildman–Crippen LogP) is 2.74. The summed E-state index contributed by atoms with van der Waals surface area (Å²) in [6.45, 7) is 6.16. The molecule has 2 atom stereocenters. The first-order chi connectivity index (χ1) is 7.63. The van der Waals surface area contributed by atoms with Crippen molar-refractivity contribution < 1.29 is 19.4 Å². The van der Waals surface area contributed by atoms with E-state index in [1.54, 1.807) is 0 Å². The van der Waals surface area contributed by atoms with E-state index in [4.69, 9.17) is 9.84 Å². The molecule has 0 amide bonds. The molecule has 0 unspecified atom stereocenters. The third-order valence-corrected chi connectivity index (χ3v) is 2.55. The number of ether oxygens (including phenoxy) is 2. The third-order valence-electron chi connectivity index (χ3n) is 2.55. The van der Waals surface area contributed by atoms with E-state index >= 15 is 0 Å². The second-order valence-electron chi connectivity index (χ2n) is 4.10. The topological polar surface area (TPSA) is 55.8 Å². The molecule has 1 N–H and O–H groups in total. The minimum Gasteiger partial charge on any atom is -0.432 e. The summed E-state index contributed by atoms with van der Waals surface area (Å²) < 4.78 is 9.87. The van der Waals surface area contributed by atoms with Crippen LogP contribution in [0.15, 0.2) is 0 Å². The summed E-state index contributed by atoms with van der Waals surface area (Å²) in [5, 5.41) is 8.50. The van der Waals surface area contributed by atoms with Crippen LogP contribution in [0.4, 0.5) is 4.79 Å². The number of carbonyl (C=O) groups excluding carboxylic acids is 1. The van der Waals surface area contributed by atoms with Gasteiger partial charge < -0.3 is 14.6 Å². The van der Waals surface area contributed by atoms with E-state index < -0.39 is 6.16 Å². The highest BCUT2D eigenvalue weighted by Crippen LogP contribution is 2.16. The number of carbonyl (C=O) groups is 1. The van der Waals surface area contributed by atoms with Crippen LogP contribution < -0.4 is 0 Å². The maximum absolute atomic E-state index is 11.2. The van der Waals surface area contributed by atoms with E-state index in [2.05, 4.69) is 25.5 Å². The van der Waals surface area contributed by atoms with Gasteiger partial charge in [0.15, 0.2) is 0 Å². The van der Waals surface area contributed by atoms with Crippen LogP contribution in [-0.2, 0) is 9.47 Å². The van der Waals surface area contributed by atoms with Gasteiger partial charge in [0.05, 0.1) is 6.61 Å². The van der Waals surface area contributed by atoms with E-state index in [0.29, 0.717) is 5.92 Å². The van der Waals surface area contributed by atoms with Crippen molar-refractivity contribution in [1.82, 2.24) is 0 Å². The molecule has 0 radical (unpaired) electrons. The summed E-state index contributed by atoms with van der Waals surface area (Å²) >= 11 is 0. The highest BCUT2D eigenvalue weighted by molar-refractivity contribution is 5.60. The molecule has 0 aromatic carbocycles. The number of rotatable bonds is 8. The van der Waals surface area contributed by atoms with Crippen LogP contribution in [0.25, 0.3) is 0 Å². The van der Waals surface area contributed by atoms with E-state index in [9.17, 15) is 4.79 Å². The fourth-order valence-electron chi connectivity index (χ4n) is 1.46. The lowest BCUT2D eigenvalue weighted by Crippen LogP contribution is -2.22. The monoisotopic (exact) mass is 232 g/mol. The van der Waals surface area contributed by atoms with Gasteiger partial charge in [-0.05, 0) is 18.8 Å². The van der Waals surface area contributed by atoms with Gasteiger partial charge in [0.1, 0.15) is 12.7 Å². The summed E-state index contributed by atoms with van der Waals surface area (Å²) in [6.07, 6.45) is 3.06. The lowest BCUT2D eigenvalue weighted by atomic mass is 9.98. The summed E-state index contributed by atoms with van der Waals surface area (Å²) in [4.78, 5) is 11.2. The molecular formula is C12H24O4. The van der Waals surface area contributed by atoms with Crippen LogP contribution in [0, 0.1) is 5.92 Å². The Morgan fingerprint density at radius 3 is 2.56 bits per heavy atom. The van der Waals surface area contributed by atoms with Gasteiger partial charge in [0.2, 0.25) is 0 Å². The zero-order valence-corrected chi connectivity index (χ0v) is 10.6. The fourth-order valence-corrected chi connectivity index (χ4v) is 1.46. The lowest BCUT2D eigenvalue weighted by Gasteiger charge is -2.19. The first-order valence-corrected chi connectivity index (χ1v) is 6.08. The van der Waals surface area contributed by atoms with Crippen LogP contribution in [0.2, 0.25) is 0 Å². The van der Waals surface area contributed by atoms with Crippen molar-refractivity contribution in [3.63, 3.8) is 0 Å². The van der Waals surface area contributed by atoms with Crippen molar-refractivity contribution in [3.8, 4) is 0 Å². The minimum absolute atomic E-state index is 0.00100. The van der Waals surface area contributed by atoms with E-state index in [0.717, 1.165) is 25.7 Å². The van der Waals surface area contributed by atoms with Crippen LogP contribution >= 0.6 is 0 Å². The molecule has 0 aromatic rings. The van der Waals surface area contributed by atoms with E-state index in [-0.39, 0.29) is 19.3 Å². The second kappa shape index (κ2) is 9.46. The molecule has 0 saturated carbocycles. The molecule has 0 aliphatic carbocycles. The molecule has 4 nitrogen and oxygen atoms in total. The Morgan fingerprint density at radius 2 is 2.06 bits per heavy atom. The van der Waals surface area contributed by atoms with E-state index in [1.807, 2.05) is 0 Å². The zero-order valence-electron chi connectivity index (χ0n) is 10.6. The first kappa shape index (κ1) is 15.2. The lowest BCUT2D eigenvalue weighted by molar-refractivity contribution is 0.00595. The highest BCUT2D eigenvalue weighted by atomic mass is 16.7. The van der Waals surface area contributed by atoms with Gasteiger partial charge in [-0.15, -0.1) is 0 Å². The predicted molar refractivity (Wildman–Crippen MR) is 62.3 cm³/mol. The van der Waals surface area contributed by atoms with Crippen molar-refractivity contribution in [2.75, 3.05) is 13.2 Å². The summed E-state index contributed by atoms with van der Waals surface area (Å²) in [5.41, 5.74) is 0. The van der Waals surface area contributed by atoms with E-state index in [1.165, 1.54) is 0 Å². The van der Waals surface area contributed by atoms with Crippen molar-refractivity contribution in [3.05, 3.63) is 0 Å². The average molecular weight is 232 g/mol. The van der Waals surface area contributed by atoms with Gasteiger partial charge in [-0.1, -0.05) is 33.6 Å². The number of aliphatic hydroxyl groups excluding tert-OH is 1. The van der Waals surface area contributed by atoms with Gasteiger partial charge in [0.25, 0.3) is 0 Å². The maximum Gasteiger partial charge on any atom is 0.508 e. The van der Waals surface area contributed by atoms with Gasteiger partial charge in [-0.2, -0.15) is 0 Å². The van der Waals surface area contributed by atoms with Crippen LogP contribution in [0.1, 0.15) is 46.5 Å². The highest BCUT2D eigenvalue weighted by Gasteiger charge is 2.17. The van der Waals surface area contributed by atoms with Crippen molar-refractivity contribution in [1.29, 1.82) is 0 Å². The maximum atomic E-state index is 11.2. The van der Waals surface area contributed by atoms with Crippen LogP contribution in [-0.4, -0.2) is 30.6 Å². The van der Waals surface area contributed by atoms with Crippen LogP contribution in [0.3, 0.4) is 0 Å². The molecule has 0 aromatic heterocycles. The Balaban J connectivity index is 3.95. The standard InChI is InChI=1S/C12H24O4/c1-4-6-11(9-10(3)5-2)16-12(14)15-8-7-13/h10-11,13H,4-9H2,1-3H3/t10-,11+/m1/s1. The molecule has 0 aliphatic heterocycles. The molecule has 0 bridgehead atoms. The first-order valence-electron chi connectivity index (χ1n) is 6.08. The number of aliphatic hydroxyl groups is 1. The molecule has 0 heterocycles. The Hall–Kier alpha value is -0.770. The smallest absolute Gasteiger partial charge is 0.432 e. The average Bonchev–Trinajstić information content (AvgIpc) is 2.26. The summed E-state index contributed by atoms with van der Waals surface area (Å²) in [7, 11) is 0. The Bertz CT molecular complexity index is 182. The molecule has 0 rings (SSSR count). The largest absolute Gasteiger partial charge is 0.508 e. The molecule has 0 aliphatic rings. The van der Waals surface area contributed by atoms with Gasteiger partial charge in [-0.25, -0.2) is 4.79 Å². The molecule has 96 valence electrons. The Kier molecular flexibility index (Phi) is 9.00. The summed E-state index contributed by atoms with van der Waals surface area (Å²) in [5.74, 6) is 0.544. The summed E-state index contributed by atoms with van der Waals surface area (Å²) in [6, 6.07) is 0. The third kappa shape index (κ3) is 7.51. The molecule has 4 heteroatoms. The molecule has 16 heavy (non-hydrogen) atoms. The molecule has 0 saturated heterocycles. The number of hydrogen-bond acceptors (Lipinski definition) is 4. The Labute approximate surface area is 97.9 Å². The van der Waals surface area contributed by atoms with Gasteiger partial charge in [-0.3, -0.25) is 0 Å². The van der Waals surface area contributed by atoms with Crippen molar-refractivity contribution >= 4 is 6.16 Å². The second-order valence-corrected chi connectivity index (χ2v) is 4.10. The normalized spacial score (nSPS) is 14.2. The van der Waals surface area contributed by atoms with Crippen molar-refractivity contribution in [2.45, 2.75) is 52.6 Å². The zero-order chi connectivity index (χ0) is 12.4. The fraction of sp³-hybridized carbons (Fsp3) is 0.917. The minimum atomic E-state index is -0.671. The Morgan fingerprint density at radius 1 is 1.38 bits per heavy atom.